The first-order chi connectivity index (χ1) is 6.21. The zero-order valence-corrected chi connectivity index (χ0v) is 7.31. The van der Waals surface area contributed by atoms with Crippen LogP contribution in [0.15, 0.2) is 24.3 Å². The molecule has 0 spiro atoms. The molecule has 0 aliphatic heterocycles. The Hall–Kier alpha value is -0.780. The molecule has 11 heavy (non-hydrogen) atoms. The molecule has 1 rings (SSSR count). The summed E-state index contributed by atoms with van der Waals surface area (Å²) in [5.41, 5.74) is 1.64. The summed E-state index contributed by atoms with van der Waals surface area (Å²) in [4.78, 5) is 0. The molecular formula is C11H16. The smallest absolute Gasteiger partial charge is 0.0280 e. The Balaban J connectivity index is 3.02. The van der Waals surface area contributed by atoms with Crippen molar-refractivity contribution in [1.82, 2.24) is 0 Å². The lowest BCUT2D eigenvalue weighted by Crippen LogP contribution is -2.10. The third-order valence-corrected chi connectivity index (χ3v) is 1.75. The van der Waals surface area contributed by atoms with Gasteiger partial charge in [-0.1, -0.05) is 50.6 Å². The SMILES string of the molecule is [2H]C([2H])([2H])c1ccc(C(C)(C)C)cc1. The van der Waals surface area contributed by atoms with E-state index in [0.717, 1.165) is 5.56 Å². The molecule has 0 amide bonds. The van der Waals surface area contributed by atoms with Crippen molar-refractivity contribution < 1.29 is 4.11 Å². The molecular weight excluding hydrogens is 132 g/mol. The van der Waals surface area contributed by atoms with Crippen LogP contribution < -0.4 is 0 Å². The zero-order valence-electron chi connectivity index (χ0n) is 10.3. The van der Waals surface area contributed by atoms with Crippen molar-refractivity contribution in [3.63, 3.8) is 0 Å². The Morgan fingerprint density at radius 1 is 1.09 bits per heavy atom. The van der Waals surface area contributed by atoms with Crippen molar-refractivity contribution in [2.45, 2.75) is 33.0 Å². The van der Waals surface area contributed by atoms with Gasteiger partial charge in [0.25, 0.3) is 0 Å². The molecule has 0 saturated heterocycles. The van der Waals surface area contributed by atoms with Crippen molar-refractivity contribution in [2.75, 3.05) is 0 Å². The maximum absolute atomic E-state index is 7.23. The van der Waals surface area contributed by atoms with Crippen LogP contribution in [0.1, 0.15) is 36.0 Å². The molecule has 1 aromatic rings. The highest BCUT2D eigenvalue weighted by atomic mass is 14.2. The molecule has 0 bridgehead atoms. The molecule has 0 aromatic heterocycles. The van der Waals surface area contributed by atoms with Gasteiger partial charge in [-0.25, -0.2) is 0 Å². The van der Waals surface area contributed by atoms with Gasteiger partial charge in [-0.05, 0) is 17.8 Å². The van der Waals surface area contributed by atoms with E-state index < -0.39 is 6.85 Å². The molecule has 0 unspecified atom stereocenters. The second-order valence-corrected chi connectivity index (χ2v) is 3.83. The summed E-state index contributed by atoms with van der Waals surface area (Å²) in [6, 6.07) is 7.16. The molecule has 60 valence electrons. The van der Waals surface area contributed by atoms with E-state index in [1.165, 1.54) is 0 Å². The Bertz CT molecular complexity index is 268. The number of rotatable bonds is 0. The highest BCUT2D eigenvalue weighted by Crippen LogP contribution is 2.21. The number of benzene rings is 1. The average molecular weight is 151 g/mol. The zero-order chi connectivity index (χ0) is 11.0. The molecule has 0 radical (unpaired) electrons. The molecule has 0 nitrogen and oxygen atoms in total. The molecule has 1 aromatic carbocycles. The molecule has 0 heterocycles. The summed E-state index contributed by atoms with van der Waals surface area (Å²) in [7, 11) is 0. The first kappa shape index (κ1) is 4.97. The Morgan fingerprint density at radius 3 is 2.00 bits per heavy atom. The summed E-state index contributed by atoms with van der Waals surface area (Å²) in [6.07, 6.45) is 0. The second kappa shape index (κ2) is 2.69. The fourth-order valence-electron chi connectivity index (χ4n) is 0.970. The standard InChI is InChI=1S/C11H16/c1-9-5-7-10(8-6-9)11(2,3)4/h5-8H,1-4H3/i1D3. The molecule has 0 N–H and O–H groups in total. The van der Waals surface area contributed by atoms with Crippen molar-refractivity contribution in [1.29, 1.82) is 0 Å². The lowest BCUT2D eigenvalue weighted by atomic mass is 9.87. The largest absolute Gasteiger partial charge is 0.0590 e. The van der Waals surface area contributed by atoms with Crippen LogP contribution in [0.25, 0.3) is 0 Å². The number of aryl methyl sites for hydroxylation is 1. The maximum atomic E-state index is 7.23. The lowest BCUT2D eigenvalue weighted by molar-refractivity contribution is 0.590. The first-order valence-corrected chi connectivity index (χ1v) is 3.82. The third kappa shape index (κ3) is 2.07. The van der Waals surface area contributed by atoms with Gasteiger partial charge < -0.3 is 0 Å². The summed E-state index contributed by atoms with van der Waals surface area (Å²) >= 11 is 0. The van der Waals surface area contributed by atoms with Gasteiger partial charge in [0.05, 0.1) is 0 Å². The van der Waals surface area contributed by atoms with Gasteiger partial charge in [0.1, 0.15) is 0 Å². The second-order valence-electron chi connectivity index (χ2n) is 3.83. The fraction of sp³-hybridized carbons (Fsp3) is 0.455. The van der Waals surface area contributed by atoms with Crippen LogP contribution in [0.3, 0.4) is 0 Å². The Morgan fingerprint density at radius 2 is 1.64 bits per heavy atom. The molecule has 0 saturated carbocycles. The van der Waals surface area contributed by atoms with E-state index in [1.807, 2.05) is 12.1 Å². The van der Waals surface area contributed by atoms with Crippen LogP contribution in [0.4, 0.5) is 0 Å². The maximum Gasteiger partial charge on any atom is 0.0280 e. The molecule has 0 fully saturated rings. The predicted molar refractivity (Wildman–Crippen MR) is 49.9 cm³/mol. The Labute approximate surface area is 73.5 Å². The summed E-state index contributed by atoms with van der Waals surface area (Å²) in [5, 5.41) is 0. The van der Waals surface area contributed by atoms with Gasteiger partial charge in [0.2, 0.25) is 0 Å². The van der Waals surface area contributed by atoms with Crippen molar-refractivity contribution in [2.24, 2.45) is 0 Å². The van der Waals surface area contributed by atoms with Crippen LogP contribution in [-0.2, 0) is 5.41 Å². The molecule has 0 heteroatoms. The van der Waals surface area contributed by atoms with Crippen LogP contribution in [0.5, 0.6) is 0 Å². The minimum atomic E-state index is -1.99. The van der Waals surface area contributed by atoms with E-state index in [1.54, 1.807) is 12.1 Å². The molecule has 0 atom stereocenters. The van der Waals surface area contributed by atoms with Crippen molar-refractivity contribution >= 4 is 0 Å². The van der Waals surface area contributed by atoms with Crippen LogP contribution in [0, 0.1) is 6.85 Å². The van der Waals surface area contributed by atoms with E-state index in [2.05, 4.69) is 20.8 Å². The molecule has 0 aliphatic carbocycles. The average Bonchev–Trinajstić information content (AvgIpc) is 2.01. The van der Waals surface area contributed by atoms with Crippen molar-refractivity contribution in [3.8, 4) is 0 Å². The van der Waals surface area contributed by atoms with Crippen LogP contribution >= 0.6 is 0 Å². The number of hydrogen-bond donors (Lipinski definition) is 0. The lowest BCUT2D eigenvalue weighted by Gasteiger charge is -2.18. The van der Waals surface area contributed by atoms with Gasteiger partial charge >= 0.3 is 0 Å². The quantitative estimate of drug-likeness (QED) is 0.533. The van der Waals surface area contributed by atoms with E-state index >= 15 is 0 Å². The van der Waals surface area contributed by atoms with Crippen LogP contribution in [0.2, 0.25) is 0 Å². The summed E-state index contributed by atoms with van der Waals surface area (Å²) in [6.45, 7) is 4.34. The predicted octanol–water partition coefficient (Wildman–Crippen LogP) is 3.29. The fourth-order valence-corrected chi connectivity index (χ4v) is 0.970. The number of hydrogen-bond acceptors (Lipinski definition) is 0. The summed E-state index contributed by atoms with van der Waals surface area (Å²) in [5.74, 6) is 0. The van der Waals surface area contributed by atoms with E-state index in [0.29, 0.717) is 5.56 Å². The summed E-state index contributed by atoms with van der Waals surface area (Å²) < 4.78 is 21.7. The van der Waals surface area contributed by atoms with Crippen molar-refractivity contribution in [3.05, 3.63) is 35.4 Å². The topological polar surface area (TPSA) is 0 Å². The minimum Gasteiger partial charge on any atom is -0.0590 e. The highest BCUT2D eigenvalue weighted by molar-refractivity contribution is 5.26. The van der Waals surface area contributed by atoms with E-state index in [9.17, 15) is 0 Å². The first-order valence-electron chi connectivity index (χ1n) is 5.32. The van der Waals surface area contributed by atoms with Gasteiger partial charge in [-0.2, -0.15) is 0 Å². The normalized spacial score (nSPS) is 16.8. The van der Waals surface area contributed by atoms with E-state index in [-0.39, 0.29) is 5.41 Å². The van der Waals surface area contributed by atoms with Gasteiger partial charge in [0.15, 0.2) is 0 Å². The Kier molecular flexibility index (Phi) is 1.22. The minimum absolute atomic E-state index is 0.0767. The van der Waals surface area contributed by atoms with E-state index in [4.69, 9.17) is 4.11 Å². The highest BCUT2D eigenvalue weighted by Gasteiger charge is 2.11. The monoisotopic (exact) mass is 151 g/mol. The van der Waals surface area contributed by atoms with Gasteiger partial charge in [0, 0.05) is 4.11 Å². The third-order valence-electron chi connectivity index (χ3n) is 1.75. The van der Waals surface area contributed by atoms with Gasteiger partial charge in [-0.3, -0.25) is 0 Å². The molecule has 0 aliphatic rings. The van der Waals surface area contributed by atoms with Gasteiger partial charge in [-0.15, -0.1) is 0 Å². The van der Waals surface area contributed by atoms with Crippen LogP contribution in [-0.4, -0.2) is 0 Å².